The number of fused-ring (bicyclic) bond motifs is 1. The van der Waals surface area contributed by atoms with Gasteiger partial charge in [0.1, 0.15) is 5.82 Å². The van der Waals surface area contributed by atoms with Crippen LogP contribution in [-0.2, 0) is 0 Å². The molecule has 5 nitrogen and oxygen atoms in total. The molecule has 2 aromatic rings. The molecule has 0 saturated heterocycles. The number of aromatic nitrogens is 2. The highest BCUT2D eigenvalue weighted by atomic mass is 35.5. The Labute approximate surface area is 116 Å². The monoisotopic (exact) mass is 280 g/mol. The zero-order valence-electron chi connectivity index (χ0n) is 11.2. The number of hydrogen-bond acceptors (Lipinski definition) is 4. The minimum absolute atomic E-state index is 0.195. The van der Waals surface area contributed by atoms with E-state index in [4.69, 9.17) is 17.3 Å². The summed E-state index contributed by atoms with van der Waals surface area (Å²) in [7, 11) is 3.55. The van der Waals surface area contributed by atoms with Crippen molar-refractivity contribution in [3.63, 3.8) is 0 Å². The molecule has 0 amide bonds. The molecule has 0 bridgehead atoms. The Morgan fingerprint density at radius 3 is 2.74 bits per heavy atom. The van der Waals surface area contributed by atoms with Crippen LogP contribution in [0.3, 0.4) is 0 Å². The summed E-state index contributed by atoms with van der Waals surface area (Å²) in [4.78, 5) is 17.1. The number of benzene rings is 1. The van der Waals surface area contributed by atoms with Crippen molar-refractivity contribution in [3.05, 3.63) is 39.4 Å². The van der Waals surface area contributed by atoms with Crippen LogP contribution < -0.4 is 16.3 Å². The van der Waals surface area contributed by atoms with Gasteiger partial charge in [-0.15, -0.1) is 0 Å². The van der Waals surface area contributed by atoms with Crippen LogP contribution >= 0.6 is 11.6 Å². The maximum atomic E-state index is 12.6. The van der Waals surface area contributed by atoms with Gasteiger partial charge in [0.2, 0.25) is 0 Å². The SMILES string of the molecule is CC[C@H](N)c1nc2cccc(Cl)c2c(=O)n1N(C)C. The highest BCUT2D eigenvalue weighted by Gasteiger charge is 2.18. The Balaban J connectivity index is 2.90. The molecule has 0 aliphatic carbocycles. The summed E-state index contributed by atoms with van der Waals surface area (Å²) >= 11 is 6.10. The Morgan fingerprint density at radius 2 is 2.16 bits per heavy atom. The lowest BCUT2D eigenvalue weighted by atomic mass is 10.2. The zero-order valence-corrected chi connectivity index (χ0v) is 12.0. The Kier molecular flexibility index (Phi) is 3.78. The molecule has 1 atom stereocenters. The number of nitrogens with zero attached hydrogens (tertiary/aromatic N) is 3. The molecule has 0 aliphatic heterocycles. The van der Waals surface area contributed by atoms with E-state index in [0.717, 1.165) is 0 Å². The first-order valence-electron chi connectivity index (χ1n) is 6.11. The molecule has 1 aromatic heterocycles. The predicted octanol–water partition coefficient (Wildman–Crippen LogP) is 1.66. The van der Waals surface area contributed by atoms with E-state index in [0.29, 0.717) is 28.2 Å². The smallest absolute Gasteiger partial charge is 0.281 e. The van der Waals surface area contributed by atoms with Gasteiger partial charge in [0.15, 0.2) is 0 Å². The van der Waals surface area contributed by atoms with Crippen molar-refractivity contribution >= 4 is 22.5 Å². The van der Waals surface area contributed by atoms with Crippen LogP contribution in [-0.4, -0.2) is 23.8 Å². The molecule has 19 heavy (non-hydrogen) atoms. The van der Waals surface area contributed by atoms with Gasteiger partial charge in [-0.1, -0.05) is 24.6 Å². The summed E-state index contributed by atoms with van der Waals surface area (Å²) < 4.78 is 1.47. The fourth-order valence-electron chi connectivity index (χ4n) is 2.01. The highest BCUT2D eigenvalue weighted by Crippen LogP contribution is 2.20. The van der Waals surface area contributed by atoms with Gasteiger partial charge in [-0.05, 0) is 18.6 Å². The maximum absolute atomic E-state index is 12.6. The van der Waals surface area contributed by atoms with Crippen molar-refractivity contribution in [1.29, 1.82) is 0 Å². The molecule has 1 aromatic carbocycles. The van der Waals surface area contributed by atoms with Crippen molar-refractivity contribution in [2.24, 2.45) is 5.73 Å². The lowest BCUT2D eigenvalue weighted by Gasteiger charge is -2.23. The van der Waals surface area contributed by atoms with E-state index in [-0.39, 0.29) is 11.6 Å². The standard InChI is InChI=1S/C13H17ClN4O/c1-4-9(15)12-16-10-7-5-6-8(14)11(10)13(19)18(12)17(2)3/h5-7,9H,4,15H2,1-3H3/t9-/m0/s1. The van der Waals surface area contributed by atoms with Crippen molar-refractivity contribution in [3.8, 4) is 0 Å². The lowest BCUT2D eigenvalue weighted by Crippen LogP contribution is -2.41. The average Bonchev–Trinajstić information content (AvgIpc) is 2.36. The number of hydrogen-bond donors (Lipinski definition) is 1. The largest absolute Gasteiger partial charge is 0.321 e. The molecule has 0 aliphatic rings. The van der Waals surface area contributed by atoms with Crippen LogP contribution in [0, 0.1) is 0 Å². The normalized spacial score (nSPS) is 12.7. The minimum Gasteiger partial charge on any atom is -0.321 e. The Bertz CT molecular complexity index is 665. The van der Waals surface area contributed by atoms with Crippen LogP contribution in [0.1, 0.15) is 25.2 Å². The zero-order chi connectivity index (χ0) is 14.2. The third-order valence-electron chi connectivity index (χ3n) is 3.02. The third-order valence-corrected chi connectivity index (χ3v) is 3.34. The minimum atomic E-state index is -0.293. The van der Waals surface area contributed by atoms with Crippen LogP contribution in [0.4, 0.5) is 0 Å². The van der Waals surface area contributed by atoms with Gasteiger partial charge in [0.05, 0.1) is 22.0 Å². The topological polar surface area (TPSA) is 64.1 Å². The summed E-state index contributed by atoms with van der Waals surface area (Å²) in [5.74, 6) is 0.548. The van der Waals surface area contributed by atoms with Crippen LogP contribution in [0.25, 0.3) is 10.9 Å². The molecule has 0 radical (unpaired) electrons. The number of rotatable bonds is 3. The summed E-state index contributed by atoms with van der Waals surface area (Å²) in [6.07, 6.45) is 0.701. The Hall–Kier alpha value is -1.59. The van der Waals surface area contributed by atoms with Gasteiger partial charge in [-0.3, -0.25) is 4.79 Å². The molecule has 6 heteroatoms. The van der Waals surface area contributed by atoms with Crippen molar-refractivity contribution in [2.45, 2.75) is 19.4 Å². The molecular weight excluding hydrogens is 264 g/mol. The second-order valence-electron chi connectivity index (χ2n) is 4.58. The van der Waals surface area contributed by atoms with Crippen molar-refractivity contribution in [1.82, 2.24) is 9.66 Å². The summed E-state index contributed by atoms with van der Waals surface area (Å²) in [5, 5.41) is 2.50. The summed E-state index contributed by atoms with van der Waals surface area (Å²) in [5.41, 5.74) is 6.43. The van der Waals surface area contributed by atoms with E-state index in [9.17, 15) is 4.79 Å². The van der Waals surface area contributed by atoms with Crippen molar-refractivity contribution < 1.29 is 0 Å². The molecule has 0 unspecified atom stereocenters. The van der Waals surface area contributed by atoms with Gasteiger partial charge in [0.25, 0.3) is 5.56 Å². The molecule has 102 valence electrons. The van der Waals surface area contributed by atoms with E-state index in [1.54, 1.807) is 37.3 Å². The maximum Gasteiger partial charge on any atom is 0.281 e. The summed E-state index contributed by atoms with van der Waals surface area (Å²) in [6.45, 7) is 1.96. The van der Waals surface area contributed by atoms with Crippen LogP contribution in [0.2, 0.25) is 5.02 Å². The molecule has 2 rings (SSSR count). The highest BCUT2D eigenvalue weighted by molar-refractivity contribution is 6.35. The lowest BCUT2D eigenvalue weighted by molar-refractivity contribution is 0.558. The Morgan fingerprint density at radius 1 is 1.47 bits per heavy atom. The molecular formula is C13H17ClN4O. The molecule has 0 spiro atoms. The van der Waals surface area contributed by atoms with Crippen LogP contribution in [0.15, 0.2) is 23.0 Å². The van der Waals surface area contributed by atoms with Crippen LogP contribution in [0.5, 0.6) is 0 Å². The predicted molar refractivity (Wildman–Crippen MR) is 78.3 cm³/mol. The van der Waals surface area contributed by atoms with Crippen molar-refractivity contribution in [2.75, 3.05) is 19.1 Å². The van der Waals surface area contributed by atoms with E-state index in [2.05, 4.69) is 4.98 Å². The van der Waals surface area contributed by atoms with Gasteiger partial charge in [0, 0.05) is 14.1 Å². The first-order valence-corrected chi connectivity index (χ1v) is 6.49. The fourth-order valence-corrected chi connectivity index (χ4v) is 2.26. The molecule has 1 heterocycles. The third kappa shape index (κ3) is 2.31. The second kappa shape index (κ2) is 5.19. The van der Waals surface area contributed by atoms with Gasteiger partial charge in [-0.2, -0.15) is 0 Å². The van der Waals surface area contributed by atoms with E-state index in [1.807, 2.05) is 6.92 Å². The summed E-state index contributed by atoms with van der Waals surface area (Å²) in [6, 6.07) is 4.94. The molecule has 0 fully saturated rings. The molecule has 0 saturated carbocycles. The molecule has 2 N–H and O–H groups in total. The van der Waals surface area contributed by atoms with E-state index in [1.165, 1.54) is 4.68 Å². The fraction of sp³-hybridized carbons (Fsp3) is 0.385. The average molecular weight is 281 g/mol. The first-order chi connectivity index (χ1) is 8.97. The van der Waals surface area contributed by atoms with Gasteiger partial charge >= 0.3 is 0 Å². The first kappa shape index (κ1) is 13.8. The number of nitrogens with two attached hydrogens (primary N) is 1. The van der Waals surface area contributed by atoms with E-state index >= 15 is 0 Å². The van der Waals surface area contributed by atoms with Gasteiger partial charge in [-0.25, -0.2) is 9.66 Å². The second-order valence-corrected chi connectivity index (χ2v) is 4.99. The number of halogens is 1. The quantitative estimate of drug-likeness (QED) is 0.929. The van der Waals surface area contributed by atoms with Gasteiger partial charge < -0.3 is 10.7 Å². The van der Waals surface area contributed by atoms with E-state index < -0.39 is 0 Å².